The van der Waals surface area contributed by atoms with Gasteiger partial charge in [0, 0.05) is 34.5 Å². The number of nitrogens with one attached hydrogen (secondary N) is 1. The molecule has 5 aromatic rings. The van der Waals surface area contributed by atoms with Gasteiger partial charge in [-0.15, -0.1) is 0 Å². The molecule has 168 valence electrons. The van der Waals surface area contributed by atoms with E-state index < -0.39 is 0 Å². The van der Waals surface area contributed by atoms with Gasteiger partial charge in [-0.05, 0) is 55.0 Å². The van der Waals surface area contributed by atoms with Crippen LogP contribution in [0.4, 0.5) is 10.1 Å². The van der Waals surface area contributed by atoms with Crippen molar-refractivity contribution in [3.63, 3.8) is 0 Å². The molecule has 5 rings (SSSR count). The van der Waals surface area contributed by atoms with E-state index in [0.29, 0.717) is 22.7 Å². The topological polar surface area (TPSA) is 69.0 Å². The molecule has 0 fully saturated rings. The van der Waals surface area contributed by atoms with Gasteiger partial charge in [0.05, 0.1) is 6.54 Å². The third kappa shape index (κ3) is 4.36. The van der Waals surface area contributed by atoms with Crippen LogP contribution in [-0.2, 0) is 6.54 Å². The normalized spacial score (nSPS) is 10.9. The van der Waals surface area contributed by atoms with Crippen molar-refractivity contribution < 1.29 is 13.9 Å². The van der Waals surface area contributed by atoms with Crippen LogP contribution >= 0.6 is 0 Å². The molecule has 0 saturated heterocycles. The Morgan fingerprint density at radius 1 is 0.971 bits per heavy atom. The highest BCUT2D eigenvalue weighted by Gasteiger charge is 2.18. The van der Waals surface area contributed by atoms with E-state index in [1.54, 1.807) is 54.9 Å². The van der Waals surface area contributed by atoms with Crippen LogP contribution in [0.3, 0.4) is 0 Å². The summed E-state index contributed by atoms with van der Waals surface area (Å²) >= 11 is 0. The molecule has 34 heavy (non-hydrogen) atoms. The molecule has 7 heteroatoms. The van der Waals surface area contributed by atoms with Gasteiger partial charge in [0.2, 0.25) is 0 Å². The van der Waals surface area contributed by atoms with Gasteiger partial charge in [-0.25, -0.2) is 14.4 Å². The molecule has 0 aliphatic carbocycles. The van der Waals surface area contributed by atoms with Gasteiger partial charge in [0.15, 0.2) is 0 Å². The molecule has 1 N–H and O–H groups in total. The Hall–Kier alpha value is -4.52. The molecule has 0 aliphatic heterocycles. The van der Waals surface area contributed by atoms with Crippen LogP contribution in [0.25, 0.3) is 10.9 Å². The predicted octanol–water partition coefficient (Wildman–Crippen LogP) is 5.97. The molecule has 0 saturated carbocycles. The number of halogens is 1. The van der Waals surface area contributed by atoms with E-state index >= 15 is 0 Å². The number of amides is 1. The second kappa shape index (κ2) is 9.15. The van der Waals surface area contributed by atoms with E-state index in [2.05, 4.69) is 15.3 Å². The first kappa shape index (κ1) is 21.3. The van der Waals surface area contributed by atoms with Crippen LogP contribution in [-0.4, -0.2) is 20.4 Å². The fraction of sp³-hybridized carbons (Fsp3) is 0.0741. The number of aryl methyl sites for hydroxylation is 1. The van der Waals surface area contributed by atoms with E-state index in [-0.39, 0.29) is 24.3 Å². The Labute approximate surface area is 195 Å². The van der Waals surface area contributed by atoms with Crippen molar-refractivity contribution in [1.29, 1.82) is 0 Å². The molecule has 0 radical (unpaired) electrons. The lowest BCUT2D eigenvalue weighted by Gasteiger charge is -2.14. The van der Waals surface area contributed by atoms with Crippen molar-refractivity contribution in [2.75, 3.05) is 5.32 Å². The number of para-hydroxylation sites is 1. The standard InChI is InChI=1S/C27H21FN4O2/c1-18-15-21(34-27-29-13-6-14-30-27)11-12-23(18)31-26(33)25-16-19-7-3-5-10-24(19)32(25)17-20-8-2-4-9-22(20)28/h2-16H,17H2,1H3,(H,31,33). The number of hydrogen-bond donors (Lipinski definition) is 1. The number of aromatic nitrogens is 3. The summed E-state index contributed by atoms with van der Waals surface area (Å²) in [5, 5.41) is 3.89. The summed E-state index contributed by atoms with van der Waals surface area (Å²) in [5.74, 6) is -0.0217. The molecular formula is C27H21FN4O2. The fourth-order valence-electron chi connectivity index (χ4n) is 3.84. The number of nitrogens with zero attached hydrogens (tertiary/aromatic N) is 3. The zero-order valence-corrected chi connectivity index (χ0v) is 18.4. The minimum Gasteiger partial charge on any atom is -0.424 e. The Balaban J connectivity index is 1.43. The van der Waals surface area contributed by atoms with E-state index in [0.717, 1.165) is 16.5 Å². The van der Waals surface area contributed by atoms with Gasteiger partial charge in [-0.2, -0.15) is 0 Å². The van der Waals surface area contributed by atoms with E-state index in [1.807, 2.05) is 41.8 Å². The number of carbonyl (C=O) groups excluding carboxylic acids is 1. The highest BCUT2D eigenvalue weighted by Crippen LogP contribution is 2.26. The Kier molecular flexibility index (Phi) is 5.74. The summed E-state index contributed by atoms with van der Waals surface area (Å²) in [6.45, 7) is 2.12. The summed E-state index contributed by atoms with van der Waals surface area (Å²) in [7, 11) is 0. The second-order valence-corrected chi connectivity index (χ2v) is 7.83. The minimum absolute atomic E-state index is 0.242. The van der Waals surface area contributed by atoms with Gasteiger partial charge in [-0.3, -0.25) is 4.79 Å². The predicted molar refractivity (Wildman–Crippen MR) is 129 cm³/mol. The lowest BCUT2D eigenvalue weighted by atomic mass is 10.2. The first-order chi connectivity index (χ1) is 16.6. The lowest BCUT2D eigenvalue weighted by molar-refractivity contribution is 0.101. The Bertz CT molecular complexity index is 1480. The van der Waals surface area contributed by atoms with Crippen LogP contribution in [0.1, 0.15) is 21.6 Å². The maximum Gasteiger partial charge on any atom is 0.321 e. The maximum absolute atomic E-state index is 14.4. The van der Waals surface area contributed by atoms with Crippen LogP contribution in [0.15, 0.2) is 91.3 Å². The SMILES string of the molecule is Cc1cc(Oc2ncccn2)ccc1NC(=O)c1cc2ccccc2n1Cc1ccccc1F. The van der Waals surface area contributed by atoms with Gasteiger partial charge in [-0.1, -0.05) is 36.4 Å². The summed E-state index contributed by atoms with van der Waals surface area (Å²) < 4.78 is 21.9. The second-order valence-electron chi connectivity index (χ2n) is 7.83. The maximum atomic E-state index is 14.4. The highest BCUT2D eigenvalue weighted by atomic mass is 19.1. The van der Waals surface area contributed by atoms with E-state index in [1.165, 1.54) is 6.07 Å². The van der Waals surface area contributed by atoms with Gasteiger partial charge in [0.25, 0.3) is 5.91 Å². The number of rotatable bonds is 6. The van der Waals surface area contributed by atoms with E-state index in [4.69, 9.17) is 4.74 Å². The number of carbonyl (C=O) groups is 1. The number of benzene rings is 3. The molecule has 0 unspecified atom stereocenters. The zero-order valence-electron chi connectivity index (χ0n) is 18.4. The molecule has 2 heterocycles. The average Bonchev–Trinajstić information content (AvgIpc) is 3.21. The summed E-state index contributed by atoms with van der Waals surface area (Å²) in [5.41, 5.74) is 3.28. The third-order valence-corrected chi connectivity index (χ3v) is 5.53. The first-order valence-corrected chi connectivity index (χ1v) is 10.8. The number of fused-ring (bicyclic) bond motifs is 1. The van der Waals surface area contributed by atoms with Crippen LogP contribution in [0.2, 0.25) is 0 Å². The van der Waals surface area contributed by atoms with Crippen molar-refractivity contribution in [2.24, 2.45) is 0 Å². The Morgan fingerprint density at radius 3 is 2.53 bits per heavy atom. The lowest BCUT2D eigenvalue weighted by Crippen LogP contribution is -2.18. The van der Waals surface area contributed by atoms with E-state index in [9.17, 15) is 9.18 Å². The van der Waals surface area contributed by atoms with Crippen molar-refractivity contribution >= 4 is 22.5 Å². The largest absolute Gasteiger partial charge is 0.424 e. The van der Waals surface area contributed by atoms with Crippen LogP contribution in [0, 0.1) is 12.7 Å². The highest BCUT2D eigenvalue weighted by molar-refractivity contribution is 6.06. The number of hydrogen-bond acceptors (Lipinski definition) is 4. The molecule has 2 aromatic heterocycles. The number of ether oxygens (including phenoxy) is 1. The fourth-order valence-corrected chi connectivity index (χ4v) is 3.84. The smallest absolute Gasteiger partial charge is 0.321 e. The molecule has 0 bridgehead atoms. The molecule has 0 spiro atoms. The van der Waals surface area contributed by atoms with Crippen molar-refractivity contribution in [3.8, 4) is 11.8 Å². The molecule has 0 atom stereocenters. The first-order valence-electron chi connectivity index (χ1n) is 10.8. The molecule has 0 aliphatic rings. The van der Waals surface area contributed by atoms with Gasteiger partial charge < -0.3 is 14.6 Å². The monoisotopic (exact) mass is 452 g/mol. The van der Waals surface area contributed by atoms with Crippen LogP contribution in [0.5, 0.6) is 11.8 Å². The Morgan fingerprint density at radius 2 is 1.74 bits per heavy atom. The molecule has 6 nitrogen and oxygen atoms in total. The molecular weight excluding hydrogens is 431 g/mol. The van der Waals surface area contributed by atoms with Crippen LogP contribution < -0.4 is 10.1 Å². The van der Waals surface area contributed by atoms with Gasteiger partial charge >= 0.3 is 6.01 Å². The zero-order chi connectivity index (χ0) is 23.5. The van der Waals surface area contributed by atoms with Gasteiger partial charge in [0.1, 0.15) is 17.3 Å². The quantitative estimate of drug-likeness (QED) is 0.345. The summed E-state index contributed by atoms with van der Waals surface area (Å²) in [6, 6.07) is 23.4. The molecule has 1 amide bonds. The van der Waals surface area contributed by atoms with Crippen molar-refractivity contribution in [1.82, 2.24) is 14.5 Å². The molecule has 3 aromatic carbocycles. The third-order valence-electron chi connectivity index (χ3n) is 5.53. The average molecular weight is 452 g/mol. The summed E-state index contributed by atoms with van der Waals surface area (Å²) in [6.07, 6.45) is 3.20. The van der Waals surface area contributed by atoms with Crippen molar-refractivity contribution in [2.45, 2.75) is 13.5 Å². The summed E-state index contributed by atoms with van der Waals surface area (Å²) in [4.78, 5) is 21.4. The number of anilines is 1. The minimum atomic E-state index is -0.305. The van der Waals surface area contributed by atoms with Crippen molar-refractivity contribution in [3.05, 3.63) is 114 Å².